The predicted octanol–water partition coefficient (Wildman–Crippen LogP) is 1.70. The first-order valence-electron chi connectivity index (χ1n) is 4.56. The minimum absolute atomic E-state index is 0.633. The van der Waals surface area contributed by atoms with Crippen molar-refractivity contribution in [1.29, 1.82) is 5.26 Å². The summed E-state index contributed by atoms with van der Waals surface area (Å²) in [5.74, 6) is 2.27. The minimum atomic E-state index is 0.633. The molecule has 3 rings (SSSR count). The molecule has 1 spiro atoms. The highest BCUT2D eigenvalue weighted by Crippen LogP contribution is 2.75. The van der Waals surface area contributed by atoms with Crippen LogP contribution in [0.5, 0.6) is 0 Å². The van der Waals surface area contributed by atoms with Crippen molar-refractivity contribution in [3.63, 3.8) is 0 Å². The molecule has 0 aromatic carbocycles. The number of hydrogen-bond acceptors (Lipinski definition) is 2. The summed E-state index contributed by atoms with van der Waals surface area (Å²) in [6, 6.07) is 0. The van der Waals surface area contributed by atoms with Gasteiger partial charge in [0.2, 0.25) is 0 Å². The van der Waals surface area contributed by atoms with Crippen LogP contribution in [0.2, 0.25) is 0 Å². The number of nitrogens with zero attached hydrogens (tertiary/aromatic N) is 1. The van der Waals surface area contributed by atoms with Gasteiger partial charge in [0.25, 0.3) is 6.26 Å². The van der Waals surface area contributed by atoms with E-state index in [9.17, 15) is 0 Å². The Morgan fingerprint density at radius 3 is 3.08 bits per heavy atom. The molecule has 2 saturated carbocycles. The number of hydrogen-bond donors (Lipinski definition) is 0. The summed E-state index contributed by atoms with van der Waals surface area (Å²) in [7, 11) is 0. The van der Waals surface area contributed by atoms with Gasteiger partial charge in [0.1, 0.15) is 6.61 Å². The zero-order valence-corrected chi connectivity index (χ0v) is 6.86. The molecule has 62 valence electrons. The second-order valence-corrected chi connectivity index (χ2v) is 4.32. The van der Waals surface area contributed by atoms with Crippen LogP contribution in [0.3, 0.4) is 0 Å². The Balaban J connectivity index is 1.66. The smallest absolute Gasteiger partial charge is 0.286 e. The first-order valence-corrected chi connectivity index (χ1v) is 4.56. The molecule has 0 aliphatic heterocycles. The molecule has 0 heterocycles. The second-order valence-electron chi connectivity index (χ2n) is 4.32. The van der Waals surface area contributed by atoms with Crippen molar-refractivity contribution in [2.45, 2.75) is 12.8 Å². The summed E-state index contributed by atoms with van der Waals surface area (Å²) in [6.07, 6.45) is 9.13. The van der Waals surface area contributed by atoms with E-state index >= 15 is 0 Å². The lowest BCUT2D eigenvalue weighted by Crippen LogP contribution is -2.39. The molecular weight excluding hydrogens is 150 g/mol. The van der Waals surface area contributed by atoms with Crippen LogP contribution in [-0.4, -0.2) is 6.61 Å². The largest absolute Gasteiger partial charge is 0.427 e. The Labute approximate surface area is 71.8 Å². The van der Waals surface area contributed by atoms with Crippen LogP contribution in [0.1, 0.15) is 12.8 Å². The highest BCUT2D eigenvalue weighted by Gasteiger charge is 2.68. The van der Waals surface area contributed by atoms with Gasteiger partial charge < -0.3 is 4.74 Å². The van der Waals surface area contributed by atoms with E-state index in [0.29, 0.717) is 17.9 Å². The van der Waals surface area contributed by atoms with Crippen LogP contribution in [0.4, 0.5) is 0 Å². The first kappa shape index (κ1) is 6.54. The third-order valence-electron chi connectivity index (χ3n) is 3.90. The maximum absolute atomic E-state index is 8.26. The van der Waals surface area contributed by atoms with Crippen molar-refractivity contribution >= 4 is 0 Å². The summed E-state index contributed by atoms with van der Waals surface area (Å²) in [5.41, 5.74) is 0.670. The molecule has 0 N–H and O–H groups in total. The predicted molar refractivity (Wildman–Crippen MR) is 42.8 cm³/mol. The van der Waals surface area contributed by atoms with Crippen LogP contribution in [0, 0.1) is 34.7 Å². The van der Waals surface area contributed by atoms with Gasteiger partial charge in [-0.05, 0) is 30.1 Å². The third-order valence-corrected chi connectivity index (χ3v) is 3.90. The van der Waals surface area contributed by atoms with E-state index in [2.05, 4.69) is 12.2 Å². The minimum Gasteiger partial charge on any atom is -0.427 e. The van der Waals surface area contributed by atoms with Crippen molar-refractivity contribution in [3.8, 4) is 6.26 Å². The fourth-order valence-electron chi connectivity index (χ4n) is 3.20. The molecule has 2 nitrogen and oxygen atoms in total. The summed E-state index contributed by atoms with van der Waals surface area (Å²) < 4.78 is 4.78. The van der Waals surface area contributed by atoms with Gasteiger partial charge in [-0.25, -0.2) is 0 Å². The Bertz CT molecular complexity index is 291. The third kappa shape index (κ3) is 0.568. The Morgan fingerprint density at radius 1 is 1.50 bits per heavy atom. The van der Waals surface area contributed by atoms with Gasteiger partial charge in [-0.3, -0.25) is 0 Å². The average Bonchev–Trinajstić information content (AvgIpc) is 2.69. The summed E-state index contributed by atoms with van der Waals surface area (Å²) in [4.78, 5) is 0. The Kier molecular flexibility index (Phi) is 1.01. The van der Waals surface area contributed by atoms with Crippen LogP contribution in [-0.2, 0) is 4.74 Å². The normalized spacial score (nSPS) is 51.8. The maximum Gasteiger partial charge on any atom is 0.286 e. The Morgan fingerprint density at radius 2 is 2.42 bits per heavy atom. The van der Waals surface area contributed by atoms with E-state index in [1.807, 2.05) is 0 Å². The molecule has 12 heavy (non-hydrogen) atoms. The highest BCUT2D eigenvalue weighted by molar-refractivity contribution is 5.31. The first-order chi connectivity index (χ1) is 5.87. The van der Waals surface area contributed by atoms with Crippen molar-refractivity contribution < 1.29 is 4.74 Å². The fourth-order valence-corrected chi connectivity index (χ4v) is 3.20. The van der Waals surface area contributed by atoms with Gasteiger partial charge in [0, 0.05) is 5.92 Å². The number of nitriles is 1. The SMILES string of the molecule is N#COCC1CC23CC2C=CC13. The van der Waals surface area contributed by atoms with Crippen LogP contribution in [0.15, 0.2) is 12.2 Å². The lowest BCUT2D eigenvalue weighted by Gasteiger charge is -2.42. The molecule has 0 amide bonds. The van der Waals surface area contributed by atoms with E-state index in [1.165, 1.54) is 12.8 Å². The number of ether oxygens (including phenoxy) is 1. The van der Waals surface area contributed by atoms with Gasteiger partial charge >= 0.3 is 0 Å². The van der Waals surface area contributed by atoms with Crippen molar-refractivity contribution in [2.24, 2.45) is 23.2 Å². The second kappa shape index (κ2) is 1.85. The molecule has 0 bridgehead atoms. The molecule has 0 saturated heterocycles. The fraction of sp³-hybridized carbons (Fsp3) is 0.700. The summed E-state index contributed by atoms with van der Waals surface area (Å²) in [6.45, 7) is 0.639. The summed E-state index contributed by atoms with van der Waals surface area (Å²) >= 11 is 0. The van der Waals surface area contributed by atoms with Crippen molar-refractivity contribution in [2.75, 3.05) is 6.61 Å². The lowest BCUT2D eigenvalue weighted by atomic mass is 9.63. The lowest BCUT2D eigenvalue weighted by molar-refractivity contribution is 0.0345. The molecule has 4 unspecified atom stereocenters. The standard InChI is InChI=1S/C10H11NO/c11-6-12-5-7-3-10-4-8(10)1-2-9(7)10/h1-2,7-9H,3-5H2. The summed E-state index contributed by atoms with van der Waals surface area (Å²) in [5, 5.41) is 8.26. The van der Waals surface area contributed by atoms with Crippen molar-refractivity contribution in [3.05, 3.63) is 12.2 Å². The van der Waals surface area contributed by atoms with E-state index in [1.54, 1.807) is 6.26 Å². The van der Waals surface area contributed by atoms with Gasteiger partial charge in [0.05, 0.1) is 0 Å². The molecule has 2 heteroatoms. The molecule has 2 fully saturated rings. The van der Waals surface area contributed by atoms with E-state index in [4.69, 9.17) is 10.00 Å². The molecule has 0 aromatic rings. The maximum atomic E-state index is 8.26. The monoisotopic (exact) mass is 161 g/mol. The molecule has 3 aliphatic carbocycles. The zero-order valence-electron chi connectivity index (χ0n) is 6.86. The van der Waals surface area contributed by atoms with E-state index < -0.39 is 0 Å². The van der Waals surface area contributed by atoms with Gasteiger partial charge in [-0.2, -0.15) is 5.26 Å². The molecular formula is C10H11NO. The van der Waals surface area contributed by atoms with Gasteiger partial charge in [-0.15, -0.1) is 0 Å². The van der Waals surface area contributed by atoms with E-state index in [-0.39, 0.29) is 0 Å². The van der Waals surface area contributed by atoms with Gasteiger partial charge in [0.15, 0.2) is 0 Å². The highest BCUT2D eigenvalue weighted by atomic mass is 16.5. The van der Waals surface area contributed by atoms with Crippen LogP contribution >= 0.6 is 0 Å². The molecule has 0 aromatic heterocycles. The van der Waals surface area contributed by atoms with Gasteiger partial charge in [-0.1, -0.05) is 12.2 Å². The zero-order chi connectivity index (χ0) is 8.18. The van der Waals surface area contributed by atoms with Crippen LogP contribution < -0.4 is 0 Å². The number of allylic oxidation sites excluding steroid dienone is 2. The molecule has 3 aliphatic rings. The number of rotatable bonds is 2. The topological polar surface area (TPSA) is 33.0 Å². The Hall–Kier alpha value is -0.970. The van der Waals surface area contributed by atoms with E-state index in [0.717, 1.165) is 11.8 Å². The molecule has 4 atom stereocenters. The van der Waals surface area contributed by atoms with Crippen LogP contribution in [0.25, 0.3) is 0 Å². The average molecular weight is 161 g/mol. The quantitative estimate of drug-likeness (QED) is 0.456. The van der Waals surface area contributed by atoms with Crippen molar-refractivity contribution in [1.82, 2.24) is 0 Å². The molecule has 0 radical (unpaired) electrons.